The van der Waals surface area contributed by atoms with Gasteiger partial charge in [0.1, 0.15) is 11.3 Å². The highest BCUT2D eigenvalue weighted by Crippen LogP contribution is 2.29. The molecule has 0 saturated heterocycles. The second kappa shape index (κ2) is 9.11. The Morgan fingerprint density at radius 1 is 1.39 bits per heavy atom. The van der Waals surface area contributed by atoms with Crippen molar-refractivity contribution in [1.82, 2.24) is 15.5 Å². The number of benzene rings is 1. The summed E-state index contributed by atoms with van der Waals surface area (Å²) in [5, 5.41) is 20.2. The van der Waals surface area contributed by atoms with Crippen LogP contribution < -0.4 is 10.1 Å². The molecule has 1 unspecified atom stereocenters. The van der Waals surface area contributed by atoms with Gasteiger partial charge in [-0.3, -0.25) is 4.79 Å². The number of thioether (sulfide) groups is 1. The fourth-order valence-corrected chi connectivity index (χ4v) is 3.86. The Balaban J connectivity index is 1.52. The van der Waals surface area contributed by atoms with Gasteiger partial charge in [-0.2, -0.15) is 5.26 Å². The molecule has 1 saturated carbocycles. The lowest BCUT2D eigenvalue weighted by Gasteiger charge is -2.32. The maximum atomic E-state index is 12.5. The van der Waals surface area contributed by atoms with Crippen molar-refractivity contribution >= 4 is 17.7 Å². The van der Waals surface area contributed by atoms with Gasteiger partial charge in [-0.15, -0.1) is 10.2 Å². The number of hydrogen-bond acceptors (Lipinski definition) is 7. The van der Waals surface area contributed by atoms with E-state index in [0.29, 0.717) is 24.0 Å². The first-order chi connectivity index (χ1) is 13.5. The molecule has 1 aliphatic rings. The number of carbonyl (C=O) groups excluding carboxylic acids is 1. The van der Waals surface area contributed by atoms with E-state index in [2.05, 4.69) is 21.6 Å². The van der Waals surface area contributed by atoms with Crippen molar-refractivity contribution in [3.8, 4) is 11.8 Å². The molecule has 0 spiro atoms. The van der Waals surface area contributed by atoms with Crippen LogP contribution in [0.2, 0.25) is 0 Å². The third kappa shape index (κ3) is 5.26. The number of amides is 1. The molecule has 1 N–H and O–H groups in total. The van der Waals surface area contributed by atoms with E-state index in [0.717, 1.165) is 30.6 Å². The average Bonchev–Trinajstić information content (AvgIpc) is 3.14. The van der Waals surface area contributed by atoms with Gasteiger partial charge in [0, 0.05) is 0 Å². The summed E-state index contributed by atoms with van der Waals surface area (Å²) in [6, 6.07) is 9.99. The van der Waals surface area contributed by atoms with Gasteiger partial charge in [-0.25, -0.2) is 0 Å². The molecule has 1 atom stereocenters. The molecule has 1 aliphatic carbocycles. The summed E-state index contributed by atoms with van der Waals surface area (Å²) in [4.78, 5) is 12.5. The normalized spacial score (nSPS) is 16.8. The van der Waals surface area contributed by atoms with E-state index in [9.17, 15) is 10.1 Å². The number of aryl methyl sites for hydroxylation is 1. The van der Waals surface area contributed by atoms with E-state index in [1.807, 2.05) is 31.2 Å². The zero-order valence-corrected chi connectivity index (χ0v) is 16.9. The third-order valence-corrected chi connectivity index (χ3v) is 5.66. The molecule has 28 heavy (non-hydrogen) atoms. The van der Waals surface area contributed by atoms with Crippen LogP contribution in [-0.2, 0) is 11.4 Å². The molecule has 1 aromatic heterocycles. The molecule has 148 valence electrons. The van der Waals surface area contributed by atoms with Crippen LogP contribution in [0.5, 0.6) is 5.75 Å². The quantitative estimate of drug-likeness (QED) is 0.706. The van der Waals surface area contributed by atoms with Crippen molar-refractivity contribution in [2.45, 2.75) is 68.6 Å². The molecule has 0 bridgehead atoms. The van der Waals surface area contributed by atoms with Crippen LogP contribution in [0, 0.1) is 18.3 Å². The Labute approximate surface area is 168 Å². The second-order valence-corrected chi connectivity index (χ2v) is 8.36. The van der Waals surface area contributed by atoms with Crippen LogP contribution >= 0.6 is 11.8 Å². The van der Waals surface area contributed by atoms with Gasteiger partial charge < -0.3 is 14.5 Å². The number of nitrogens with one attached hydrogen (secondary N) is 1. The monoisotopic (exact) mass is 400 g/mol. The van der Waals surface area contributed by atoms with Crippen molar-refractivity contribution < 1.29 is 13.9 Å². The Bertz CT molecular complexity index is 855. The first-order valence-corrected chi connectivity index (χ1v) is 10.3. The molecule has 1 amide bonds. The highest BCUT2D eigenvalue weighted by molar-refractivity contribution is 8.00. The van der Waals surface area contributed by atoms with Crippen LogP contribution in [0.1, 0.15) is 50.5 Å². The van der Waals surface area contributed by atoms with Gasteiger partial charge in [0.15, 0.2) is 6.61 Å². The molecule has 2 aromatic rings. The minimum absolute atomic E-state index is 0.162. The highest BCUT2D eigenvalue weighted by Gasteiger charge is 2.35. The molecule has 1 fully saturated rings. The van der Waals surface area contributed by atoms with Gasteiger partial charge in [0.2, 0.25) is 5.91 Å². The summed E-state index contributed by atoms with van der Waals surface area (Å²) >= 11 is 1.18. The molecule has 1 heterocycles. The van der Waals surface area contributed by atoms with Gasteiger partial charge in [0.25, 0.3) is 11.1 Å². The topological polar surface area (TPSA) is 101 Å². The maximum absolute atomic E-state index is 12.5. The van der Waals surface area contributed by atoms with Gasteiger partial charge in [0.05, 0.1) is 11.3 Å². The zero-order valence-electron chi connectivity index (χ0n) is 16.1. The number of carbonyl (C=O) groups is 1. The predicted octanol–water partition coefficient (Wildman–Crippen LogP) is 3.78. The van der Waals surface area contributed by atoms with Crippen LogP contribution in [0.4, 0.5) is 0 Å². The standard InChI is InChI=1S/C20H24N4O3S/c1-14-7-6-8-16(11-14)26-12-17-23-24-19(27-17)28-15(2)18(25)22-20(13-21)9-4-3-5-10-20/h6-8,11,15H,3-5,9-10,12H2,1-2H3,(H,22,25). The average molecular weight is 401 g/mol. The van der Waals surface area contributed by atoms with Crippen molar-refractivity contribution in [2.75, 3.05) is 0 Å². The number of nitrogens with zero attached hydrogens (tertiary/aromatic N) is 3. The summed E-state index contributed by atoms with van der Waals surface area (Å²) in [5.74, 6) is 0.885. The lowest BCUT2D eigenvalue weighted by atomic mass is 9.83. The summed E-state index contributed by atoms with van der Waals surface area (Å²) in [6.07, 6.45) is 4.44. The number of rotatable bonds is 7. The van der Waals surface area contributed by atoms with Crippen molar-refractivity contribution in [1.29, 1.82) is 5.26 Å². The van der Waals surface area contributed by atoms with E-state index in [1.54, 1.807) is 6.92 Å². The van der Waals surface area contributed by atoms with Crippen molar-refractivity contribution in [2.24, 2.45) is 0 Å². The summed E-state index contributed by atoms with van der Waals surface area (Å²) in [5.41, 5.74) is 0.360. The minimum atomic E-state index is -0.744. The second-order valence-electron chi connectivity index (χ2n) is 7.07. The van der Waals surface area contributed by atoms with Crippen molar-refractivity contribution in [3.05, 3.63) is 35.7 Å². The molecule has 3 rings (SSSR count). The number of ether oxygens (including phenoxy) is 1. The largest absolute Gasteiger partial charge is 0.484 e. The molecule has 7 nitrogen and oxygen atoms in total. The first kappa shape index (κ1) is 20.2. The van der Waals surface area contributed by atoms with Gasteiger partial charge >= 0.3 is 0 Å². The van der Waals surface area contributed by atoms with E-state index >= 15 is 0 Å². The van der Waals surface area contributed by atoms with Gasteiger partial charge in [-0.05, 0) is 44.4 Å². The Morgan fingerprint density at radius 3 is 2.89 bits per heavy atom. The van der Waals surface area contributed by atoms with Crippen LogP contribution in [0.15, 0.2) is 33.9 Å². The van der Waals surface area contributed by atoms with Crippen molar-refractivity contribution in [3.63, 3.8) is 0 Å². The molecule has 1 aromatic carbocycles. The Hall–Kier alpha value is -2.53. The third-order valence-electron chi connectivity index (χ3n) is 4.73. The maximum Gasteiger partial charge on any atom is 0.277 e. The van der Waals surface area contributed by atoms with Crippen LogP contribution in [-0.4, -0.2) is 26.9 Å². The smallest absolute Gasteiger partial charge is 0.277 e. The minimum Gasteiger partial charge on any atom is -0.484 e. The summed E-state index contributed by atoms with van der Waals surface area (Å²) < 4.78 is 11.2. The SMILES string of the molecule is Cc1cccc(OCc2nnc(SC(C)C(=O)NC3(C#N)CCCCC3)o2)c1. The summed E-state index contributed by atoms with van der Waals surface area (Å²) in [7, 11) is 0. The fraction of sp³-hybridized carbons (Fsp3) is 0.500. The lowest BCUT2D eigenvalue weighted by molar-refractivity contribution is -0.122. The van der Waals surface area contributed by atoms with E-state index in [4.69, 9.17) is 9.15 Å². The molecule has 0 radical (unpaired) electrons. The molecule has 8 heteroatoms. The molecular weight excluding hydrogens is 376 g/mol. The van der Waals surface area contributed by atoms with Crippen LogP contribution in [0.25, 0.3) is 0 Å². The zero-order chi connectivity index (χ0) is 20.0. The Kier molecular flexibility index (Phi) is 6.57. The highest BCUT2D eigenvalue weighted by atomic mass is 32.2. The number of aromatic nitrogens is 2. The van der Waals surface area contributed by atoms with E-state index < -0.39 is 10.8 Å². The number of hydrogen-bond donors (Lipinski definition) is 1. The molecular formula is C20H24N4O3S. The fourth-order valence-electron chi connectivity index (χ4n) is 3.16. The predicted molar refractivity (Wildman–Crippen MR) is 105 cm³/mol. The lowest BCUT2D eigenvalue weighted by Crippen LogP contribution is -2.50. The van der Waals surface area contributed by atoms with Crippen LogP contribution in [0.3, 0.4) is 0 Å². The Morgan fingerprint density at radius 2 is 2.18 bits per heavy atom. The van der Waals surface area contributed by atoms with E-state index in [-0.39, 0.29) is 12.5 Å². The summed E-state index contributed by atoms with van der Waals surface area (Å²) in [6.45, 7) is 3.92. The van der Waals surface area contributed by atoms with Gasteiger partial charge in [-0.1, -0.05) is 43.2 Å². The van der Waals surface area contributed by atoms with E-state index in [1.165, 1.54) is 11.8 Å². The first-order valence-electron chi connectivity index (χ1n) is 9.41. The molecule has 0 aliphatic heterocycles. The number of nitriles is 1.